The maximum atomic E-state index is 12.5. The van der Waals surface area contributed by atoms with Crippen molar-refractivity contribution in [2.75, 3.05) is 39.2 Å². The van der Waals surface area contributed by atoms with Gasteiger partial charge in [0.1, 0.15) is 0 Å². The Labute approximate surface area is 170 Å². The highest BCUT2D eigenvalue weighted by Gasteiger charge is 2.22. The molecule has 1 unspecified atom stereocenters. The Morgan fingerprint density at radius 3 is 2.50 bits per heavy atom. The van der Waals surface area contributed by atoms with E-state index in [4.69, 9.17) is 9.47 Å². The number of amides is 2. The molecule has 6 nitrogen and oxygen atoms in total. The van der Waals surface area contributed by atoms with E-state index in [9.17, 15) is 4.79 Å². The summed E-state index contributed by atoms with van der Waals surface area (Å²) in [6.07, 6.45) is 5.02. The van der Waals surface area contributed by atoms with Gasteiger partial charge in [0.25, 0.3) is 0 Å². The predicted octanol–water partition coefficient (Wildman–Crippen LogP) is 4.50. The van der Waals surface area contributed by atoms with Crippen molar-refractivity contribution in [3.8, 4) is 11.5 Å². The Hall–Kier alpha value is -2.25. The van der Waals surface area contributed by atoms with Crippen LogP contribution in [0.15, 0.2) is 35.0 Å². The number of ether oxygens (including phenoxy) is 2. The van der Waals surface area contributed by atoms with Crippen LogP contribution in [0.1, 0.15) is 37.3 Å². The van der Waals surface area contributed by atoms with Gasteiger partial charge in [0.15, 0.2) is 11.5 Å². The predicted molar refractivity (Wildman–Crippen MR) is 114 cm³/mol. The molecule has 1 aromatic carbocycles. The lowest BCUT2D eigenvalue weighted by molar-refractivity contribution is 0.199. The summed E-state index contributed by atoms with van der Waals surface area (Å²) >= 11 is 1.70. The van der Waals surface area contributed by atoms with Gasteiger partial charge in [-0.15, -0.1) is 0 Å². The van der Waals surface area contributed by atoms with Crippen LogP contribution in [0, 0.1) is 0 Å². The third kappa shape index (κ3) is 5.39. The average Bonchev–Trinajstić information content (AvgIpc) is 3.11. The smallest absolute Gasteiger partial charge is 0.319 e. The van der Waals surface area contributed by atoms with Crippen molar-refractivity contribution in [2.45, 2.75) is 31.7 Å². The van der Waals surface area contributed by atoms with Crippen LogP contribution in [0.4, 0.5) is 10.5 Å². The molecule has 0 radical (unpaired) electrons. The summed E-state index contributed by atoms with van der Waals surface area (Å²) < 4.78 is 10.5. The van der Waals surface area contributed by atoms with E-state index in [0.717, 1.165) is 13.1 Å². The molecule has 2 heterocycles. The SMILES string of the molecule is COc1ccc(NC(=O)NCC(c2ccsc2)N2CCCCCC2)cc1OC. The van der Waals surface area contributed by atoms with Gasteiger partial charge in [-0.2, -0.15) is 11.3 Å². The molecule has 7 heteroatoms. The molecule has 0 bridgehead atoms. The molecule has 2 aromatic rings. The lowest BCUT2D eigenvalue weighted by Crippen LogP contribution is -2.40. The molecule has 2 N–H and O–H groups in total. The number of methoxy groups -OCH3 is 2. The van der Waals surface area contributed by atoms with Gasteiger partial charge in [-0.25, -0.2) is 4.79 Å². The topological polar surface area (TPSA) is 62.8 Å². The highest BCUT2D eigenvalue weighted by molar-refractivity contribution is 7.07. The highest BCUT2D eigenvalue weighted by atomic mass is 32.1. The van der Waals surface area contributed by atoms with E-state index in [2.05, 4.69) is 32.4 Å². The van der Waals surface area contributed by atoms with E-state index < -0.39 is 0 Å². The van der Waals surface area contributed by atoms with Crippen LogP contribution < -0.4 is 20.1 Å². The molecule has 1 aliphatic rings. The first-order valence-electron chi connectivity index (χ1n) is 9.74. The molecule has 28 heavy (non-hydrogen) atoms. The number of nitrogens with zero attached hydrogens (tertiary/aromatic N) is 1. The van der Waals surface area contributed by atoms with Gasteiger partial charge in [0.05, 0.1) is 20.3 Å². The van der Waals surface area contributed by atoms with Gasteiger partial charge in [0, 0.05) is 18.3 Å². The lowest BCUT2D eigenvalue weighted by atomic mass is 10.1. The largest absolute Gasteiger partial charge is 0.493 e. The Morgan fingerprint density at radius 1 is 1.11 bits per heavy atom. The number of urea groups is 1. The first-order chi connectivity index (χ1) is 13.7. The summed E-state index contributed by atoms with van der Waals surface area (Å²) in [5.41, 5.74) is 1.94. The summed E-state index contributed by atoms with van der Waals surface area (Å²) in [6.45, 7) is 2.74. The Morgan fingerprint density at radius 2 is 1.86 bits per heavy atom. The van der Waals surface area contributed by atoms with E-state index in [-0.39, 0.29) is 12.1 Å². The summed E-state index contributed by atoms with van der Waals surface area (Å²) in [5, 5.41) is 10.2. The van der Waals surface area contributed by atoms with Crippen LogP contribution in [0.25, 0.3) is 0 Å². The second kappa shape index (κ2) is 10.3. The maximum absolute atomic E-state index is 12.5. The second-order valence-electron chi connectivity index (χ2n) is 6.93. The van der Waals surface area contributed by atoms with Crippen LogP contribution in [-0.2, 0) is 0 Å². The van der Waals surface area contributed by atoms with E-state index >= 15 is 0 Å². The highest BCUT2D eigenvalue weighted by Crippen LogP contribution is 2.30. The fourth-order valence-electron chi connectivity index (χ4n) is 3.61. The number of likely N-dealkylation sites (tertiary alicyclic amines) is 1. The van der Waals surface area contributed by atoms with Crippen LogP contribution in [-0.4, -0.2) is 44.8 Å². The van der Waals surface area contributed by atoms with E-state index in [1.54, 1.807) is 43.8 Å². The summed E-state index contributed by atoms with van der Waals surface area (Å²) in [7, 11) is 3.17. The van der Waals surface area contributed by atoms with Gasteiger partial charge in [-0.1, -0.05) is 12.8 Å². The van der Waals surface area contributed by atoms with Crippen LogP contribution in [0.2, 0.25) is 0 Å². The quantitative estimate of drug-likeness (QED) is 0.714. The zero-order valence-corrected chi connectivity index (χ0v) is 17.4. The van der Waals surface area contributed by atoms with Gasteiger partial charge >= 0.3 is 6.03 Å². The first-order valence-corrected chi connectivity index (χ1v) is 10.7. The van der Waals surface area contributed by atoms with E-state index in [1.165, 1.54) is 31.2 Å². The molecular formula is C21H29N3O3S. The molecule has 1 atom stereocenters. The standard InChI is InChI=1S/C21H29N3O3S/c1-26-19-8-7-17(13-20(19)27-2)23-21(25)22-14-18(16-9-12-28-15-16)24-10-5-3-4-6-11-24/h7-9,12-13,15,18H,3-6,10-11,14H2,1-2H3,(H2,22,23,25). The molecular weight excluding hydrogens is 374 g/mol. The number of benzene rings is 1. The first kappa shape index (κ1) is 20.5. The van der Waals surface area contributed by atoms with Crippen LogP contribution in [0.5, 0.6) is 11.5 Å². The van der Waals surface area contributed by atoms with E-state index in [0.29, 0.717) is 23.7 Å². The number of hydrogen-bond donors (Lipinski definition) is 2. The zero-order valence-electron chi connectivity index (χ0n) is 16.6. The van der Waals surface area contributed by atoms with Gasteiger partial charge < -0.3 is 20.1 Å². The number of hydrogen-bond acceptors (Lipinski definition) is 5. The molecule has 0 spiro atoms. The summed E-state index contributed by atoms with van der Waals surface area (Å²) in [6, 6.07) is 7.48. The van der Waals surface area contributed by atoms with Crippen molar-refractivity contribution < 1.29 is 14.3 Å². The Balaban J connectivity index is 1.62. The fourth-order valence-corrected chi connectivity index (χ4v) is 4.31. The van der Waals surface area contributed by atoms with Crippen molar-refractivity contribution in [1.29, 1.82) is 0 Å². The number of carbonyl (C=O) groups excluding carboxylic acids is 1. The van der Waals surface area contributed by atoms with Crippen molar-refractivity contribution >= 4 is 23.1 Å². The van der Waals surface area contributed by atoms with Gasteiger partial charge in [0.2, 0.25) is 0 Å². The fraction of sp³-hybridized carbons (Fsp3) is 0.476. The molecule has 0 saturated carbocycles. The molecule has 1 aromatic heterocycles. The summed E-state index contributed by atoms with van der Waals surface area (Å²) in [5.74, 6) is 1.22. The molecule has 0 aliphatic carbocycles. The van der Waals surface area contributed by atoms with E-state index in [1.807, 2.05) is 0 Å². The minimum Gasteiger partial charge on any atom is -0.493 e. The van der Waals surface area contributed by atoms with Gasteiger partial charge in [-0.05, 0) is 60.5 Å². The van der Waals surface area contributed by atoms with Crippen molar-refractivity contribution in [2.24, 2.45) is 0 Å². The molecule has 3 rings (SSSR count). The third-order valence-corrected chi connectivity index (χ3v) is 5.81. The number of nitrogens with one attached hydrogen (secondary N) is 2. The molecule has 1 saturated heterocycles. The van der Waals surface area contributed by atoms with Crippen LogP contribution in [0.3, 0.4) is 0 Å². The second-order valence-corrected chi connectivity index (χ2v) is 7.71. The maximum Gasteiger partial charge on any atom is 0.319 e. The monoisotopic (exact) mass is 403 g/mol. The van der Waals surface area contributed by atoms with Crippen molar-refractivity contribution in [3.05, 3.63) is 40.6 Å². The van der Waals surface area contributed by atoms with Crippen molar-refractivity contribution in [1.82, 2.24) is 10.2 Å². The number of carbonyl (C=O) groups is 1. The number of thiophene rings is 1. The van der Waals surface area contributed by atoms with Crippen molar-refractivity contribution in [3.63, 3.8) is 0 Å². The number of anilines is 1. The lowest BCUT2D eigenvalue weighted by Gasteiger charge is -2.30. The third-order valence-electron chi connectivity index (χ3n) is 5.11. The number of rotatable bonds is 7. The minimum absolute atomic E-state index is 0.209. The molecule has 1 aliphatic heterocycles. The molecule has 1 fully saturated rings. The Kier molecular flexibility index (Phi) is 7.56. The normalized spacial score (nSPS) is 16.1. The Bertz CT molecular complexity index is 743. The van der Waals surface area contributed by atoms with Gasteiger partial charge in [-0.3, -0.25) is 4.90 Å². The average molecular weight is 404 g/mol. The minimum atomic E-state index is -0.220. The zero-order chi connectivity index (χ0) is 19.8. The van der Waals surface area contributed by atoms with Crippen LogP contribution >= 0.6 is 11.3 Å². The summed E-state index contributed by atoms with van der Waals surface area (Å²) in [4.78, 5) is 15.0. The molecule has 152 valence electrons. The molecule has 2 amide bonds.